The van der Waals surface area contributed by atoms with E-state index in [1.165, 1.54) is 23.7 Å². The third-order valence-corrected chi connectivity index (χ3v) is 4.81. The molecule has 1 aliphatic heterocycles. The SMILES string of the molecule is CCCc1ncc(C(=O)NC2CCN(c3cc(=O)[nH]cn3)C2)s1. The number of aromatic amines is 1. The molecule has 1 fully saturated rings. The molecule has 2 N–H and O–H groups in total. The van der Waals surface area contributed by atoms with Crippen LogP contribution in [0.5, 0.6) is 0 Å². The minimum atomic E-state index is -0.171. The fraction of sp³-hybridized carbons (Fsp3) is 0.467. The smallest absolute Gasteiger partial charge is 0.263 e. The number of hydrogen-bond donors (Lipinski definition) is 2. The molecule has 7 nitrogen and oxygen atoms in total. The summed E-state index contributed by atoms with van der Waals surface area (Å²) in [5.41, 5.74) is -0.171. The van der Waals surface area contributed by atoms with Crippen LogP contribution in [0, 0.1) is 0 Å². The van der Waals surface area contributed by atoms with Gasteiger partial charge in [-0.15, -0.1) is 11.3 Å². The van der Waals surface area contributed by atoms with Crippen molar-refractivity contribution in [3.8, 4) is 0 Å². The van der Waals surface area contributed by atoms with E-state index < -0.39 is 0 Å². The van der Waals surface area contributed by atoms with Crippen LogP contribution in [0.4, 0.5) is 5.82 Å². The summed E-state index contributed by atoms with van der Waals surface area (Å²) in [6.45, 7) is 3.52. The number of hydrogen-bond acceptors (Lipinski definition) is 6. The highest BCUT2D eigenvalue weighted by Crippen LogP contribution is 2.18. The Kier molecular flexibility index (Phi) is 4.71. The second kappa shape index (κ2) is 6.91. The van der Waals surface area contributed by atoms with Gasteiger partial charge in [-0.3, -0.25) is 9.59 Å². The standard InChI is InChI=1S/C15H19N5O2S/c1-2-3-14-16-7-11(23-14)15(22)19-10-4-5-20(8-10)12-6-13(21)18-9-17-12/h6-7,9-10H,2-5,8H2,1H3,(H,19,22)(H,17,18,21). The van der Waals surface area contributed by atoms with Gasteiger partial charge in [0.05, 0.1) is 17.5 Å². The van der Waals surface area contributed by atoms with Gasteiger partial charge in [0, 0.05) is 25.2 Å². The Bertz CT molecular complexity index is 741. The third kappa shape index (κ3) is 3.76. The van der Waals surface area contributed by atoms with E-state index in [1.54, 1.807) is 6.20 Å². The average molecular weight is 333 g/mol. The molecule has 8 heteroatoms. The minimum Gasteiger partial charge on any atom is -0.354 e. The molecule has 23 heavy (non-hydrogen) atoms. The predicted molar refractivity (Wildman–Crippen MR) is 89.1 cm³/mol. The van der Waals surface area contributed by atoms with Gasteiger partial charge < -0.3 is 15.2 Å². The maximum Gasteiger partial charge on any atom is 0.263 e. The highest BCUT2D eigenvalue weighted by molar-refractivity contribution is 7.13. The van der Waals surface area contributed by atoms with Gasteiger partial charge in [-0.2, -0.15) is 0 Å². The van der Waals surface area contributed by atoms with Crippen LogP contribution in [0.1, 0.15) is 34.4 Å². The molecule has 0 aromatic carbocycles. The number of rotatable bonds is 5. The first-order chi connectivity index (χ1) is 11.2. The van der Waals surface area contributed by atoms with Crippen LogP contribution in [0.25, 0.3) is 0 Å². The van der Waals surface area contributed by atoms with E-state index in [2.05, 4.69) is 27.2 Å². The Morgan fingerprint density at radius 2 is 2.39 bits per heavy atom. The number of thiazole rings is 1. The number of carbonyl (C=O) groups is 1. The predicted octanol–water partition coefficient (Wildman–Crippen LogP) is 1.19. The lowest BCUT2D eigenvalue weighted by atomic mass is 10.2. The Morgan fingerprint density at radius 3 is 3.17 bits per heavy atom. The van der Waals surface area contributed by atoms with Gasteiger partial charge in [0.1, 0.15) is 10.7 Å². The first kappa shape index (κ1) is 15.7. The van der Waals surface area contributed by atoms with Crippen molar-refractivity contribution in [2.45, 2.75) is 32.2 Å². The van der Waals surface area contributed by atoms with Crippen molar-refractivity contribution >= 4 is 23.1 Å². The molecule has 3 rings (SSSR count). The summed E-state index contributed by atoms with van der Waals surface area (Å²) in [4.78, 5) is 37.2. The summed E-state index contributed by atoms with van der Waals surface area (Å²) < 4.78 is 0. The zero-order valence-electron chi connectivity index (χ0n) is 12.9. The van der Waals surface area contributed by atoms with Crippen LogP contribution in [0.2, 0.25) is 0 Å². The van der Waals surface area contributed by atoms with E-state index in [0.717, 1.165) is 30.8 Å². The van der Waals surface area contributed by atoms with Crippen LogP contribution in [0.15, 0.2) is 23.4 Å². The highest BCUT2D eigenvalue weighted by atomic mass is 32.1. The lowest BCUT2D eigenvalue weighted by Crippen LogP contribution is -2.37. The Balaban J connectivity index is 1.58. The van der Waals surface area contributed by atoms with E-state index in [4.69, 9.17) is 0 Å². The van der Waals surface area contributed by atoms with E-state index in [0.29, 0.717) is 17.2 Å². The number of nitrogens with zero attached hydrogens (tertiary/aromatic N) is 3. The number of amides is 1. The quantitative estimate of drug-likeness (QED) is 0.857. The lowest BCUT2D eigenvalue weighted by molar-refractivity contribution is 0.0944. The van der Waals surface area contributed by atoms with Gasteiger partial charge in [0.25, 0.3) is 11.5 Å². The zero-order valence-corrected chi connectivity index (χ0v) is 13.7. The van der Waals surface area contributed by atoms with Crippen molar-refractivity contribution in [2.24, 2.45) is 0 Å². The van der Waals surface area contributed by atoms with Gasteiger partial charge in [-0.1, -0.05) is 6.92 Å². The van der Waals surface area contributed by atoms with Gasteiger partial charge in [-0.25, -0.2) is 9.97 Å². The number of aryl methyl sites for hydroxylation is 1. The molecule has 1 unspecified atom stereocenters. The van der Waals surface area contributed by atoms with Crippen molar-refractivity contribution in [1.82, 2.24) is 20.3 Å². The first-order valence-electron chi connectivity index (χ1n) is 7.71. The van der Waals surface area contributed by atoms with Crippen molar-refractivity contribution in [3.63, 3.8) is 0 Å². The topological polar surface area (TPSA) is 91.0 Å². The summed E-state index contributed by atoms with van der Waals surface area (Å²) in [5, 5.41) is 4.04. The molecule has 0 bridgehead atoms. The van der Waals surface area contributed by atoms with E-state index >= 15 is 0 Å². The van der Waals surface area contributed by atoms with Gasteiger partial charge in [0.2, 0.25) is 0 Å². The summed E-state index contributed by atoms with van der Waals surface area (Å²) >= 11 is 1.45. The van der Waals surface area contributed by atoms with Crippen LogP contribution in [0.3, 0.4) is 0 Å². The maximum atomic E-state index is 12.3. The van der Waals surface area contributed by atoms with Gasteiger partial charge >= 0.3 is 0 Å². The Labute approximate surface area is 137 Å². The fourth-order valence-corrected chi connectivity index (χ4v) is 3.54. The molecule has 1 amide bonds. The van der Waals surface area contributed by atoms with E-state index in [9.17, 15) is 9.59 Å². The minimum absolute atomic E-state index is 0.0558. The highest BCUT2D eigenvalue weighted by Gasteiger charge is 2.25. The fourth-order valence-electron chi connectivity index (χ4n) is 2.62. The molecule has 1 aliphatic rings. The third-order valence-electron chi connectivity index (χ3n) is 3.75. The maximum absolute atomic E-state index is 12.3. The summed E-state index contributed by atoms with van der Waals surface area (Å²) in [6.07, 6.45) is 5.81. The number of carbonyl (C=O) groups excluding carboxylic acids is 1. The molecule has 2 aromatic rings. The molecule has 1 atom stereocenters. The number of nitrogens with one attached hydrogen (secondary N) is 2. The summed E-state index contributed by atoms with van der Waals surface area (Å²) in [7, 11) is 0. The monoisotopic (exact) mass is 333 g/mol. The van der Waals surface area contributed by atoms with E-state index in [1.807, 2.05) is 4.90 Å². The second-order valence-corrected chi connectivity index (χ2v) is 6.66. The lowest BCUT2D eigenvalue weighted by Gasteiger charge is -2.17. The molecule has 2 aromatic heterocycles. The Hall–Kier alpha value is -2.22. The summed E-state index contributed by atoms with van der Waals surface area (Å²) in [5.74, 6) is 0.573. The number of H-pyrrole nitrogens is 1. The number of anilines is 1. The van der Waals surface area contributed by atoms with E-state index in [-0.39, 0.29) is 17.5 Å². The molecular formula is C15H19N5O2S. The molecule has 0 spiro atoms. The molecular weight excluding hydrogens is 314 g/mol. The van der Waals surface area contributed by atoms with Gasteiger partial charge in [0.15, 0.2) is 0 Å². The van der Waals surface area contributed by atoms with Crippen molar-refractivity contribution in [3.05, 3.63) is 38.8 Å². The van der Waals surface area contributed by atoms with Crippen LogP contribution in [-0.4, -0.2) is 40.0 Å². The van der Waals surface area contributed by atoms with Crippen molar-refractivity contribution < 1.29 is 4.79 Å². The second-order valence-electron chi connectivity index (χ2n) is 5.54. The average Bonchev–Trinajstić information content (AvgIpc) is 3.17. The molecule has 0 radical (unpaired) electrons. The Morgan fingerprint density at radius 1 is 1.52 bits per heavy atom. The van der Waals surface area contributed by atoms with Crippen LogP contribution < -0.4 is 15.8 Å². The molecule has 3 heterocycles. The number of aromatic nitrogens is 3. The molecule has 1 saturated heterocycles. The molecule has 0 aliphatic carbocycles. The van der Waals surface area contributed by atoms with Crippen molar-refractivity contribution in [1.29, 1.82) is 0 Å². The van der Waals surface area contributed by atoms with Crippen LogP contribution >= 0.6 is 11.3 Å². The largest absolute Gasteiger partial charge is 0.354 e. The zero-order chi connectivity index (χ0) is 16.2. The molecule has 122 valence electrons. The molecule has 0 saturated carbocycles. The summed E-state index contributed by atoms with van der Waals surface area (Å²) in [6, 6.07) is 1.53. The first-order valence-corrected chi connectivity index (χ1v) is 8.52. The van der Waals surface area contributed by atoms with Crippen LogP contribution in [-0.2, 0) is 6.42 Å². The van der Waals surface area contributed by atoms with Gasteiger partial charge in [-0.05, 0) is 19.3 Å². The normalized spacial score (nSPS) is 17.4. The van der Waals surface area contributed by atoms with Crippen molar-refractivity contribution in [2.75, 3.05) is 18.0 Å².